The lowest BCUT2D eigenvalue weighted by atomic mass is 9.79. The molecule has 8 heteroatoms. The normalized spacial score (nSPS) is 24.5. The first kappa shape index (κ1) is 33.9. The molecule has 0 saturated carbocycles. The molecular weight excluding hydrogens is 558 g/mol. The average molecular weight is 610 g/mol. The Morgan fingerprint density at radius 3 is 2.32 bits per heavy atom. The maximum atomic E-state index is 14.4. The van der Waals surface area contributed by atoms with Crippen molar-refractivity contribution in [3.05, 3.63) is 64.7 Å². The molecule has 4 rings (SSSR count). The number of aliphatic carboxylic acids is 1. The van der Waals surface area contributed by atoms with Gasteiger partial charge >= 0.3 is 5.97 Å². The molecule has 0 unspecified atom stereocenters. The monoisotopic (exact) mass is 609 g/mol. The second-order valence-corrected chi connectivity index (χ2v) is 14.0. The third kappa shape index (κ3) is 6.82. The summed E-state index contributed by atoms with van der Waals surface area (Å²) in [7, 11) is 3.21. The van der Waals surface area contributed by atoms with E-state index in [1.54, 1.807) is 19.1 Å². The van der Waals surface area contributed by atoms with Crippen molar-refractivity contribution in [3.8, 4) is 5.75 Å². The van der Waals surface area contributed by atoms with Gasteiger partial charge in [-0.15, -0.1) is 0 Å². The van der Waals surface area contributed by atoms with Gasteiger partial charge in [0.1, 0.15) is 17.9 Å². The summed E-state index contributed by atoms with van der Waals surface area (Å²) < 4.78 is 24.6. The fourth-order valence-corrected chi connectivity index (χ4v) is 6.81. The van der Waals surface area contributed by atoms with Gasteiger partial charge in [-0.2, -0.15) is 0 Å². The van der Waals surface area contributed by atoms with Gasteiger partial charge in [-0.25, -0.2) is 4.79 Å². The molecule has 2 aliphatic heterocycles. The second-order valence-electron chi connectivity index (χ2n) is 14.0. The smallest absolute Gasteiger partial charge is 0.326 e. The molecule has 44 heavy (non-hydrogen) atoms. The maximum absolute atomic E-state index is 14.4. The van der Waals surface area contributed by atoms with Gasteiger partial charge in [0.2, 0.25) is 0 Å². The van der Waals surface area contributed by atoms with E-state index in [4.69, 9.17) is 18.9 Å². The summed E-state index contributed by atoms with van der Waals surface area (Å²) in [6, 6.07) is 12.2. The lowest BCUT2D eigenvalue weighted by molar-refractivity contribution is -0.161. The molecule has 2 saturated heterocycles. The minimum Gasteiger partial charge on any atom is -0.496 e. The number of carboxylic acids is 1. The fraction of sp³-hybridized carbons (Fsp3) is 0.611. The van der Waals surface area contributed by atoms with Crippen LogP contribution in [0.5, 0.6) is 5.75 Å². The molecule has 2 fully saturated rings. The number of carbonyl (C=O) groups is 2. The summed E-state index contributed by atoms with van der Waals surface area (Å²) in [4.78, 5) is 29.3. The van der Waals surface area contributed by atoms with Gasteiger partial charge in [-0.3, -0.25) is 4.79 Å². The Morgan fingerprint density at radius 1 is 1.05 bits per heavy atom. The van der Waals surface area contributed by atoms with Crippen LogP contribution in [0.15, 0.2) is 42.5 Å². The topological polar surface area (TPSA) is 94.5 Å². The minimum atomic E-state index is -1.19. The quantitative estimate of drug-likeness (QED) is 0.322. The molecule has 242 valence electrons. The molecular formula is C36H51NO7. The predicted octanol–water partition coefficient (Wildman–Crippen LogP) is 6.65. The van der Waals surface area contributed by atoms with Gasteiger partial charge in [-0.05, 0) is 73.3 Å². The lowest BCUT2D eigenvalue weighted by Gasteiger charge is -2.37. The molecule has 0 spiro atoms. The van der Waals surface area contributed by atoms with Crippen molar-refractivity contribution < 1.29 is 33.6 Å². The number of carbonyl (C=O) groups excluding carboxylic acids is 1. The number of carboxylic acid groups (broad SMARTS) is 1. The van der Waals surface area contributed by atoms with Crippen LogP contribution in [-0.2, 0) is 35.8 Å². The zero-order chi connectivity index (χ0) is 32.4. The van der Waals surface area contributed by atoms with Crippen molar-refractivity contribution in [3.63, 3.8) is 0 Å². The molecule has 2 heterocycles. The highest BCUT2D eigenvalue weighted by atomic mass is 16.5. The zero-order valence-corrected chi connectivity index (χ0v) is 27.9. The number of amides is 1. The summed E-state index contributed by atoms with van der Waals surface area (Å²) >= 11 is 0. The number of hydrogen-bond acceptors (Lipinski definition) is 6. The molecule has 0 aromatic heterocycles. The van der Waals surface area contributed by atoms with Crippen LogP contribution >= 0.6 is 0 Å². The Morgan fingerprint density at radius 2 is 1.75 bits per heavy atom. The van der Waals surface area contributed by atoms with Gasteiger partial charge in [0.25, 0.3) is 5.91 Å². The van der Waals surface area contributed by atoms with Crippen LogP contribution in [0.1, 0.15) is 102 Å². The molecule has 5 atom stereocenters. The van der Waals surface area contributed by atoms with Crippen molar-refractivity contribution >= 4 is 11.9 Å². The molecule has 0 radical (unpaired) electrons. The third-order valence-electron chi connectivity index (χ3n) is 9.41. The number of rotatable bonds is 10. The summed E-state index contributed by atoms with van der Waals surface area (Å²) in [6.07, 6.45) is 0.883. The van der Waals surface area contributed by atoms with Gasteiger partial charge in [0.15, 0.2) is 0 Å². The second kappa shape index (κ2) is 13.6. The van der Waals surface area contributed by atoms with E-state index in [9.17, 15) is 14.7 Å². The van der Waals surface area contributed by atoms with Crippen molar-refractivity contribution in [2.75, 3.05) is 20.8 Å². The molecule has 0 bridgehead atoms. The highest BCUT2D eigenvalue weighted by Crippen LogP contribution is 2.50. The highest BCUT2D eigenvalue weighted by molar-refractivity contribution is 5.88. The van der Waals surface area contributed by atoms with E-state index in [0.717, 1.165) is 35.1 Å². The van der Waals surface area contributed by atoms with Crippen LogP contribution in [0.4, 0.5) is 0 Å². The standard InChI is InChI=1S/C36H51NO7/c1-22(2)25-14-10-11-15-26(25)30-32(44-21-23-20-24(35(3,4)5)17-18-27(23)41-8)29(36(6,7)42-9)31(34(39)40)37(30)33(38)28-16-12-13-19-43-28/h10-11,14-15,17-18,20,22,28-32H,12-13,16,19,21H2,1-9H3,(H,39,40)/t28-,29+,30-,31-,32-/m0/s1. The molecule has 2 aromatic rings. The summed E-state index contributed by atoms with van der Waals surface area (Å²) in [5, 5.41) is 10.8. The third-order valence-corrected chi connectivity index (χ3v) is 9.41. The van der Waals surface area contributed by atoms with Gasteiger partial charge in [0, 0.05) is 25.2 Å². The van der Waals surface area contributed by atoms with E-state index in [0.29, 0.717) is 18.8 Å². The van der Waals surface area contributed by atoms with Gasteiger partial charge in [0.05, 0.1) is 31.5 Å². The number of benzene rings is 2. The van der Waals surface area contributed by atoms with Crippen LogP contribution in [0.25, 0.3) is 0 Å². The van der Waals surface area contributed by atoms with E-state index in [1.807, 2.05) is 38.1 Å². The first-order valence-electron chi connectivity index (χ1n) is 15.8. The number of nitrogens with zero attached hydrogens (tertiary/aromatic N) is 1. The zero-order valence-electron chi connectivity index (χ0n) is 27.9. The van der Waals surface area contributed by atoms with Gasteiger partial charge in [-0.1, -0.05) is 65.0 Å². The molecule has 2 aliphatic rings. The molecule has 2 aromatic carbocycles. The predicted molar refractivity (Wildman–Crippen MR) is 170 cm³/mol. The Labute approximate surface area is 263 Å². The number of hydrogen-bond donors (Lipinski definition) is 1. The van der Waals surface area contributed by atoms with Crippen LogP contribution < -0.4 is 4.74 Å². The SMILES string of the molecule is COc1ccc(C(C)(C)C)cc1CO[C@H]1[C@H](C(C)(C)OC)[C@@H](C(=O)O)N(C(=O)[C@@H]2CCCCO2)[C@H]1c1ccccc1C(C)C. The Kier molecular flexibility index (Phi) is 10.5. The van der Waals surface area contributed by atoms with E-state index >= 15 is 0 Å². The molecule has 1 N–H and O–H groups in total. The summed E-state index contributed by atoms with van der Waals surface area (Å²) in [5.74, 6) is -1.27. The highest BCUT2D eigenvalue weighted by Gasteiger charge is 2.61. The minimum absolute atomic E-state index is 0.0919. The first-order valence-corrected chi connectivity index (χ1v) is 15.8. The fourth-order valence-electron chi connectivity index (χ4n) is 6.81. The average Bonchev–Trinajstić information content (AvgIpc) is 3.35. The van der Waals surface area contributed by atoms with Crippen LogP contribution in [0.3, 0.4) is 0 Å². The molecule has 8 nitrogen and oxygen atoms in total. The molecule has 0 aliphatic carbocycles. The summed E-state index contributed by atoms with van der Waals surface area (Å²) in [6.45, 7) is 15.1. The number of ether oxygens (including phenoxy) is 4. The number of likely N-dealkylation sites (tertiary alicyclic amines) is 1. The van der Waals surface area contributed by atoms with Crippen molar-refractivity contribution in [2.24, 2.45) is 5.92 Å². The van der Waals surface area contributed by atoms with Crippen LogP contribution in [-0.4, -0.2) is 66.6 Å². The van der Waals surface area contributed by atoms with Gasteiger partial charge < -0.3 is 29.0 Å². The van der Waals surface area contributed by atoms with E-state index in [-0.39, 0.29) is 23.8 Å². The van der Waals surface area contributed by atoms with E-state index in [2.05, 4.69) is 52.8 Å². The van der Waals surface area contributed by atoms with Crippen molar-refractivity contribution in [1.29, 1.82) is 0 Å². The van der Waals surface area contributed by atoms with E-state index < -0.39 is 41.8 Å². The van der Waals surface area contributed by atoms with Crippen LogP contribution in [0.2, 0.25) is 0 Å². The molecule has 1 amide bonds. The van der Waals surface area contributed by atoms with Crippen molar-refractivity contribution in [2.45, 2.75) is 116 Å². The largest absolute Gasteiger partial charge is 0.496 e. The van der Waals surface area contributed by atoms with Crippen LogP contribution in [0, 0.1) is 5.92 Å². The van der Waals surface area contributed by atoms with Crippen molar-refractivity contribution in [1.82, 2.24) is 4.90 Å². The first-order chi connectivity index (χ1) is 20.7. The Balaban J connectivity index is 1.91. The van der Waals surface area contributed by atoms with E-state index in [1.165, 1.54) is 0 Å². The maximum Gasteiger partial charge on any atom is 0.326 e. The lowest BCUT2D eigenvalue weighted by Crippen LogP contribution is -2.53. The Hall–Kier alpha value is -2.94. The number of methoxy groups -OCH3 is 2. The summed E-state index contributed by atoms with van der Waals surface area (Å²) in [5.41, 5.74) is 2.88. The Bertz CT molecular complexity index is 1310.